The second-order valence-corrected chi connectivity index (χ2v) is 7.14. The van der Waals surface area contributed by atoms with Crippen molar-refractivity contribution in [2.24, 2.45) is 5.92 Å². The highest BCUT2D eigenvalue weighted by molar-refractivity contribution is 7.99. The number of thioether (sulfide) groups is 1. The molecule has 0 heterocycles. The van der Waals surface area contributed by atoms with Crippen molar-refractivity contribution < 1.29 is 4.39 Å². The summed E-state index contributed by atoms with van der Waals surface area (Å²) in [4.78, 5) is 0.753. The molecule has 102 valence electrons. The van der Waals surface area contributed by atoms with Gasteiger partial charge in [-0.1, -0.05) is 19.9 Å². The van der Waals surface area contributed by atoms with Crippen molar-refractivity contribution in [1.82, 2.24) is 5.32 Å². The highest BCUT2D eigenvalue weighted by atomic mass is 32.2. The Balaban J connectivity index is 2.62. The van der Waals surface area contributed by atoms with Gasteiger partial charge >= 0.3 is 0 Å². The Labute approximate surface area is 115 Å². The monoisotopic (exact) mass is 269 g/mol. The van der Waals surface area contributed by atoms with Crippen molar-refractivity contribution in [3.8, 4) is 0 Å². The Morgan fingerprint density at radius 1 is 1.28 bits per heavy atom. The van der Waals surface area contributed by atoms with E-state index in [0.717, 1.165) is 16.2 Å². The molecule has 0 bridgehead atoms. The van der Waals surface area contributed by atoms with Crippen LogP contribution in [0.3, 0.4) is 0 Å². The average molecular weight is 269 g/mol. The van der Waals surface area contributed by atoms with Crippen molar-refractivity contribution >= 4 is 11.8 Å². The van der Waals surface area contributed by atoms with Crippen LogP contribution in [0.15, 0.2) is 23.1 Å². The summed E-state index contributed by atoms with van der Waals surface area (Å²) in [5.41, 5.74) is 1.05. The highest BCUT2D eigenvalue weighted by Gasteiger charge is 2.10. The van der Waals surface area contributed by atoms with E-state index in [4.69, 9.17) is 0 Å². The molecule has 0 spiro atoms. The van der Waals surface area contributed by atoms with Gasteiger partial charge in [-0.25, -0.2) is 4.39 Å². The van der Waals surface area contributed by atoms with E-state index in [9.17, 15) is 4.39 Å². The van der Waals surface area contributed by atoms with Gasteiger partial charge < -0.3 is 5.32 Å². The minimum atomic E-state index is -0.103. The molecule has 3 heteroatoms. The molecule has 1 aromatic rings. The Hall–Kier alpha value is -0.540. The van der Waals surface area contributed by atoms with Gasteiger partial charge in [-0.3, -0.25) is 0 Å². The molecular weight excluding hydrogens is 245 g/mol. The molecule has 1 N–H and O–H groups in total. The molecule has 0 aliphatic rings. The maximum atomic E-state index is 13.9. The van der Waals surface area contributed by atoms with Gasteiger partial charge in [-0.05, 0) is 44.4 Å². The van der Waals surface area contributed by atoms with E-state index >= 15 is 0 Å². The van der Waals surface area contributed by atoms with Gasteiger partial charge in [0.25, 0.3) is 0 Å². The molecule has 0 atom stereocenters. The normalized spacial score (nSPS) is 12.2. The largest absolute Gasteiger partial charge is 0.308 e. The summed E-state index contributed by atoms with van der Waals surface area (Å²) in [6.45, 7) is 11.3. The minimum Gasteiger partial charge on any atom is -0.308 e. The molecule has 0 saturated carbocycles. The molecular formula is C15H24FNS. The van der Waals surface area contributed by atoms with E-state index in [0.29, 0.717) is 12.5 Å². The van der Waals surface area contributed by atoms with Gasteiger partial charge in [0.05, 0.1) is 0 Å². The number of hydrogen-bond donors (Lipinski definition) is 1. The Kier molecular flexibility index (Phi) is 5.67. The molecule has 18 heavy (non-hydrogen) atoms. The second kappa shape index (κ2) is 6.58. The number of nitrogens with one attached hydrogen (secondary N) is 1. The van der Waals surface area contributed by atoms with Crippen LogP contribution < -0.4 is 5.32 Å². The van der Waals surface area contributed by atoms with Crippen molar-refractivity contribution in [2.75, 3.05) is 5.75 Å². The van der Waals surface area contributed by atoms with Crippen LogP contribution in [0.4, 0.5) is 4.39 Å². The molecule has 0 fully saturated rings. The predicted molar refractivity (Wildman–Crippen MR) is 78.6 cm³/mol. The van der Waals surface area contributed by atoms with Crippen molar-refractivity contribution in [2.45, 2.75) is 51.6 Å². The Morgan fingerprint density at radius 2 is 1.94 bits per heavy atom. The standard InChI is InChI=1S/C15H24FNS/c1-11(2)10-18-14-7-6-12(8-13(14)16)9-17-15(3,4)5/h6-8,11,17H,9-10H2,1-5H3. The first kappa shape index (κ1) is 15.5. The first-order chi connectivity index (χ1) is 8.28. The molecule has 0 radical (unpaired) electrons. The lowest BCUT2D eigenvalue weighted by Crippen LogP contribution is -2.35. The first-order valence-corrected chi connectivity index (χ1v) is 7.43. The lowest BCUT2D eigenvalue weighted by atomic mass is 10.1. The topological polar surface area (TPSA) is 12.0 Å². The SMILES string of the molecule is CC(C)CSc1ccc(CNC(C)(C)C)cc1F. The number of halogens is 1. The second-order valence-electron chi connectivity index (χ2n) is 6.07. The molecule has 1 aromatic carbocycles. The summed E-state index contributed by atoms with van der Waals surface area (Å²) in [6, 6.07) is 5.54. The van der Waals surface area contributed by atoms with Crippen molar-refractivity contribution in [1.29, 1.82) is 0 Å². The quantitative estimate of drug-likeness (QED) is 0.792. The Bertz CT molecular complexity index is 383. The summed E-state index contributed by atoms with van der Waals surface area (Å²) in [5, 5.41) is 3.36. The number of benzene rings is 1. The lowest BCUT2D eigenvalue weighted by molar-refractivity contribution is 0.423. The van der Waals surface area contributed by atoms with E-state index < -0.39 is 0 Å². The average Bonchev–Trinajstić information content (AvgIpc) is 2.24. The maximum absolute atomic E-state index is 13.9. The van der Waals surface area contributed by atoms with Gasteiger partial charge in [0.15, 0.2) is 0 Å². The van der Waals surface area contributed by atoms with Crippen LogP contribution in [0.2, 0.25) is 0 Å². The van der Waals surface area contributed by atoms with Crippen molar-refractivity contribution in [3.63, 3.8) is 0 Å². The fourth-order valence-electron chi connectivity index (χ4n) is 1.40. The minimum absolute atomic E-state index is 0.0571. The van der Waals surface area contributed by atoms with Gasteiger partial charge in [-0.15, -0.1) is 11.8 Å². The van der Waals surface area contributed by atoms with Crippen LogP contribution in [0, 0.1) is 11.7 Å². The summed E-state index contributed by atoms with van der Waals surface area (Å²) >= 11 is 1.59. The fraction of sp³-hybridized carbons (Fsp3) is 0.600. The van der Waals surface area contributed by atoms with E-state index in [2.05, 4.69) is 39.9 Å². The van der Waals surface area contributed by atoms with Crippen LogP contribution >= 0.6 is 11.8 Å². The summed E-state index contributed by atoms with van der Waals surface area (Å²) in [5.74, 6) is 1.43. The number of hydrogen-bond acceptors (Lipinski definition) is 2. The van der Waals surface area contributed by atoms with Crippen LogP contribution in [0.5, 0.6) is 0 Å². The molecule has 0 aliphatic heterocycles. The zero-order valence-electron chi connectivity index (χ0n) is 12.0. The molecule has 1 nitrogen and oxygen atoms in total. The van der Waals surface area contributed by atoms with E-state index in [1.165, 1.54) is 0 Å². The van der Waals surface area contributed by atoms with Crippen LogP contribution in [0.1, 0.15) is 40.2 Å². The third-order valence-corrected chi connectivity index (χ3v) is 3.87. The third-order valence-electron chi connectivity index (χ3n) is 2.39. The molecule has 0 aliphatic carbocycles. The Morgan fingerprint density at radius 3 is 2.44 bits per heavy atom. The smallest absolute Gasteiger partial charge is 0.137 e. The highest BCUT2D eigenvalue weighted by Crippen LogP contribution is 2.24. The van der Waals surface area contributed by atoms with E-state index in [1.807, 2.05) is 12.1 Å². The first-order valence-electron chi connectivity index (χ1n) is 6.44. The van der Waals surface area contributed by atoms with Gasteiger partial charge in [0.1, 0.15) is 5.82 Å². The van der Waals surface area contributed by atoms with Crippen LogP contribution in [-0.2, 0) is 6.54 Å². The van der Waals surface area contributed by atoms with E-state index in [-0.39, 0.29) is 11.4 Å². The molecule has 1 rings (SSSR count). The third kappa shape index (κ3) is 5.87. The zero-order valence-corrected chi connectivity index (χ0v) is 12.8. The van der Waals surface area contributed by atoms with Gasteiger partial charge in [0.2, 0.25) is 0 Å². The lowest BCUT2D eigenvalue weighted by Gasteiger charge is -2.20. The summed E-state index contributed by atoms with van der Waals surface area (Å²) in [6.07, 6.45) is 0. The number of rotatable bonds is 5. The fourth-order valence-corrected chi connectivity index (χ4v) is 2.27. The molecule has 0 saturated heterocycles. The molecule has 0 unspecified atom stereocenters. The van der Waals surface area contributed by atoms with Crippen molar-refractivity contribution in [3.05, 3.63) is 29.6 Å². The maximum Gasteiger partial charge on any atom is 0.137 e. The summed E-state index contributed by atoms with van der Waals surface area (Å²) < 4.78 is 13.9. The zero-order chi connectivity index (χ0) is 13.8. The summed E-state index contributed by atoms with van der Waals surface area (Å²) in [7, 11) is 0. The van der Waals surface area contributed by atoms with E-state index in [1.54, 1.807) is 17.8 Å². The van der Waals surface area contributed by atoms with Gasteiger partial charge in [-0.2, -0.15) is 0 Å². The van der Waals surface area contributed by atoms with Crippen LogP contribution in [-0.4, -0.2) is 11.3 Å². The molecule has 0 amide bonds. The molecule has 0 aromatic heterocycles. The van der Waals surface area contributed by atoms with Gasteiger partial charge in [0, 0.05) is 22.7 Å². The van der Waals surface area contributed by atoms with Crippen LogP contribution in [0.25, 0.3) is 0 Å². The predicted octanol–water partition coefficient (Wildman–Crippen LogP) is 4.46.